The van der Waals surface area contributed by atoms with Crippen LogP contribution in [-0.2, 0) is 17.9 Å². The van der Waals surface area contributed by atoms with E-state index in [9.17, 15) is 25.0 Å². The van der Waals surface area contributed by atoms with E-state index in [0.29, 0.717) is 6.54 Å². The van der Waals surface area contributed by atoms with Crippen LogP contribution in [0.3, 0.4) is 0 Å². The molecule has 0 spiro atoms. The fourth-order valence-electron chi connectivity index (χ4n) is 1.94. The highest BCUT2D eigenvalue weighted by molar-refractivity contribution is 5.89. The van der Waals surface area contributed by atoms with Gasteiger partial charge in [0.25, 0.3) is 5.69 Å². The molecule has 1 aromatic heterocycles. The van der Waals surface area contributed by atoms with E-state index in [4.69, 9.17) is 4.74 Å². The molecule has 23 heavy (non-hydrogen) atoms. The van der Waals surface area contributed by atoms with Gasteiger partial charge in [0.1, 0.15) is 6.20 Å². The molecule has 10 heteroatoms. The molecule has 0 unspecified atom stereocenters. The lowest BCUT2D eigenvalue weighted by Crippen LogP contribution is -2.10. The van der Waals surface area contributed by atoms with Crippen molar-refractivity contribution in [2.24, 2.45) is 0 Å². The number of nitro benzene ring substituents is 1. The first-order valence-electron chi connectivity index (χ1n) is 6.54. The first kappa shape index (κ1) is 16.1. The molecular formula is C13H12N4O6. The van der Waals surface area contributed by atoms with Crippen LogP contribution in [0.1, 0.15) is 23.1 Å². The van der Waals surface area contributed by atoms with E-state index in [2.05, 4.69) is 4.98 Å². The number of ether oxygens (including phenoxy) is 1. The lowest BCUT2D eigenvalue weighted by molar-refractivity contribution is -0.392. The third-order valence-electron chi connectivity index (χ3n) is 3.07. The van der Waals surface area contributed by atoms with Crippen molar-refractivity contribution >= 4 is 17.5 Å². The summed E-state index contributed by atoms with van der Waals surface area (Å²) in [7, 11) is 0. The smallest absolute Gasteiger partial charge is 0.342 e. The van der Waals surface area contributed by atoms with Crippen LogP contribution in [0, 0.1) is 20.2 Å². The van der Waals surface area contributed by atoms with Gasteiger partial charge < -0.3 is 14.9 Å². The van der Waals surface area contributed by atoms with Crippen molar-refractivity contribution in [3.05, 3.63) is 62.1 Å². The van der Waals surface area contributed by atoms with Gasteiger partial charge in [-0.3, -0.25) is 10.1 Å². The molecule has 0 atom stereocenters. The number of nitrogens with zero attached hydrogens (tertiary/aromatic N) is 4. The Morgan fingerprint density at radius 2 is 1.87 bits per heavy atom. The van der Waals surface area contributed by atoms with Crippen LogP contribution in [0.2, 0.25) is 0 Å². The number of non-ortho nitro benzene ring substituents is 1. The van der Waals surface area contributed by atoms with Crippen molar-refractivity contribution in [3.63, 3.8) is 0 Å². The minimum atomic E-state index is -0.701. The Kier molecular flexibility index (Phi) is 4.64. The van der Waals surface area contributed by atoms with Gasteiger partial charge in [-0.15, -0.1) is 0 Å². The van der Waals surface area contributed by atoms with Crippen molar-refractivity contribution in [1.29, 1.82) is 0 Å². The Labute approximate surface area is 129 Å². The predicted molar refractivity (Wildman–Crippen MR) is 76.8 cm³/mol. The second-order valence-electron chi connectivity index (χ2n) is 4.41. The number of rotatable bonds is 6. The summed E-state index contributed by atoms with van der Waals surface area (Å²) in [5.74, 6) is -0.642. The topological polar surface area (TPSA) is 130 Å². The number of hydrogen-bond donors (Lipinski definition) is 0. The molecule has 0 aliphatic rings. The number of nitro groups is 2. The molecule has 1 heterocycles. The highest BCUT2D eigenvalue weighted by atomic mass is 16.6. The van der Waals surface area contributed by atoms with Crippen LogP contribution in [-0.4, -0.2) is 25.4 Å². The minimum Gasteiger partial charge on any atom is -0.452 e. The minimum absolute atomic E-state index is 0.139. The number of esters is 1. The summed E-state index contributed by atoms with van der Waals surface area (Å²) in [4.78, 5) is 36.0. The highest BCUT2D eigenvalue weighted by Gasteiger charge is 2.20. The van der Waals surface area contributed by atoms with Gasteiger partial charge in [-0.05, 0) is 24.0 Å². The number of aromatic nitrogens is 2. The number of benzene rings is 1. The summed E-state index contributed by atoms with van der Waals surface area (Å²) in [6.45, 7) is 1.77. The van der Waals surface area contributed by atoms with E-state index in [1.807, 2.05) is 0 Å². The van der Waals surface area contributed by atoms with Gasteiger partial charge in [-0.2, -0.15) is 0 Å². The molecule has 2 rings (SSSR count). The number of hydrogen-bond acceptors (Lipinski definition) is 7. The molecule has 2 aromatic rings. The Bertz CT molecular complexity index is 752. The zero-order valence-corrected chi connectivity index (χ0v) is 12.0. The molecule has 120 valence electrons. The van der Waals surface area contributed by atoms with Crippen LogP contribution in [0.15, 0.2) is 30.5 Å². The van der Waals surface area contributed by atoms with E-state index in [1.54, 1.807) is 6.92 Å². The largest absolute Gasteiger partial charge is 0.452 e. The van der Waals surface area contributed by atoms with Gasteiger partial charge in [-0.1, -0.05) is 0 Å². The Hall–Kier alpha value is -3.30. The van der Waals surface area contributed by atoms with Crippen LogP contribution >= 0.6 is 0 Å². The third-order valence-corrected chi connectivity index (χ3v) is 3.07. The first-order valence-corrected chi connectivity index (χ1v) is 6.54. The number of imidazole rings is 1. The molecule has 0 aliphatic heterocycles. The molecule has 10 nitrogen and oxygen atoms in total. The normalized spacial score (nSPS) is 10.3. The summed E-state index contributed by atoms with van der Waals surface area (Å²) in [6, 6.07) is 4.92. The van der Waals surface area contributed by atoms with E-state index < -0.39 is 15.8 Å². The average Bonchev–Trinajstić information content (AvgIpc) is 2.95. The zero-order chi connectivity index (χ0) is 17.0. The monoisotopic (exact) mass is 320 g/mol. The van der Waals surface area contributed by atoms with Crippen molar-refractivity contribution in [2.45, 2.75) is 20.1 Å². The van der Waals surface area contributed by atoms with Crippen molar-refractivity contribution in [2.75, 3.05) is 0 Å². The van der Waals surface area contributed by atoms with E-state index in [0.717, 1.165) is 6.20 Å². The summed E-state index contributed by atoms with van der Waals surface area (Å²) >= 11 is 0. The maximum atomic E-state index is 11.9. The maximum Gasteiger partial charge on any atom is 0.342 e. The molecule has 0 fully saturated rings. The summed E-state index contributed by atoms with van der Waals surface area (Å²) < 4.78 is 6.36. The van der Waals surface area contributed by atoms with Gasteiger partial charge in [0, 0.05) is 12.1 Å². The Morgan fingerprint density at radius 1 is 1.22 bits per heavy atom. The molecule has 0 saturated heterocycles. The lowest BCUT2D eigenvalue weighted by Gasteiger charge is -2.04. The second-order valence-corrected chi connectivity index (χ2v) is 4.41. The predicted octanol–water partition coefficient (Wildman–Crippen LogP) is 2.08. The van der Waals surface area contributed by atoms with Gasteiger partial charge in [0.2, 0.25) is 5.82 Å². The lowest BCUT2D eigenvalue weighted by atomic mass is 10.2. The van der Waals surface area contributed by atoms with Crippen LogP contribution in [0.5, 0.6) is 0 Å². The summed E-state index contributed by atoms with van der Waals surface area (Å²) in [5, 5.41) is 21.4. The van der Waals surface area contributed by atoms with Crippen LogP contribution < -0.4 is 0 Å². The highest BCUT2D eigenvalue weighted by Crippen LogP contribution is 2.16. The fraction of sp³-hybridized carbons (Fsp3) is 0.231. The second kappa shape index (κ2) is 6.64. The van der Waals surface area contributed by atoms with Crippen molar-refractivity contribution < 1.29 is 19.4 Å². The molecule has 0 N–H and O–H groups in total. The molecular weight excluding hydrogens is 308 g/mol. The number of carbonyl (C=O) groups excluding carboxylic acids is 1. The van der Waals surface area contributed by atoms with Crippen molar-refractivity contribution in [1.82, 2.24) is 9.55 Å². The van der Waals surface area contributed by atoms with Crippen LogP contribution in [0.25, 0.3) is 0 Å². The quantitative estimate of drug-likeness (QED) is 0.452. The average molecular weight is 320 g/mol. The Balaban J connectivity index is 2.07. The molecule has 0 aliphatic carbocycles. The van der Waals surface area contributed by atoms with Gasteiger partial charge >= 0.3 is 11.8 Å². The molecule has 1 aromatic carbocycles. The zero-order valence-electron chi connectivity index (χ0n) is 12.0. The molecule has 0 saturated carbocycles. The third kappa shape index (κ3) is 3.48. The molecule has 0 bridgehead atoms. The Morgan fingerprint density at radius 3 is 2.39 bits per heavy atom. The van der Waals surface area contributed by atoms with E-state index in [-0.39, 0.29) is 29.5 Å². The number of carbonyl (C=O) groups is 1. The molecule has 0 amide bonds. The van der Waals surface area contributed by atoms with Crippen molar-refractivity contribution in [3.8, 4) is 0 Å². The maximum absolute atomic E-state index is 11.9. The van der Waals surface area contributed by atoms with Gasteiger partial charge in [0.05, 0.1) is 17.0 Å². The summed E-state index contributed by atoms with van der Waals surface area (Å²) in [6.07, 6.45) is 1.10. The van der Waals surface area contributed by atoms with Gasteiger partial charge in [0.15, 0.2) is 6.61 Å². The SMILES string of the molecule is CCn1c([N+](=O)[O-])cnc1COC(=O)c1ccc([N+](=O)[O-])cc1. The fourth-order valence-corrected chi connectivity index (χ4v) is 1.94. The summed E-state index contributed by atoms with van der Waals surface area (Å²) in [5.41, 5.74) is -0.00148. The molecule has 0 radical (unpaired) electrons. The van der Waals surface area contributed by atoms with Gasteiger partial charge in [-0.25, -0.2) is 14.3 Å². The standard InChI is InChI=1S/C13H12N4O6/c1-2-15-11(14-7-12(15)17(21)22)8-23-13(18)9-3-5-10(6-4-9)16(19)20/h3-7H,2,8H2,1H3. The first-order chi connectivity index (χ1) is 10.9. The van der Waals surface area contributed by atoms with E-state index in [1.165, 1.54) is 28.8 Å². The van der Waals surface area contributed by atoms with E-state index >= 15 is 0 Å². The van der Waals surface area contributed by atoms with Crippen LogP contribution in [0.4, 0.5) is 11.5 Å².